The van der Waals surface area contributed by atoms with Crippen LogP contribution in [0, 0.1) is 0 Å². The molecule has 0 aromatic carbocycles. The van der Waals surface area contributed by atoms with Crippen molar-refractivity contribution < 1.29 is 9.53 Å². The van der Waals surface area contributed by atoms with Crippen molar-refractivity contribution in [2.24, 2.45) is 0 Å². The highest BCUT2D eigenvalue weighted by Crippen LogP contribution is 2.18. The summed E-state index contributed by atoms with van der Waals surface area (Å²) in [5, 5.41) is 3.04. The van der Waals surface area contributed by atoms with Gasteiger partial charge in [0.1, 0.15) is 0 Å². The Morgan fingerprint density at radius 2 is 2.40 bits per heavy atom. The van der Waals surface area contributed by atoms with Crippen molar-refractivity contribution in [1.82, 2.24) is 5.32 Å². The van der Waals surface area contributed by atoms with Gasteiger partial charge in [-0.3, -0.25) is 0 Å². The summed E-state index contributed by atoms with van der Waals surface area (Å²) in [6, 6.07) is 0.598. The third-order valence-electron chi connectivity index (χ3n) is 1.33. The van der Waals surface area contributed by atoms with E-state index < -0.39 is 0 Å². The first-order valence-electron chi connectivity index (χ1n) is 3.33. The summed E-state index contributed by atoms with van der Waals surface area (Å²) in [6.45, 7) is 0. The fourth-order valence-corrected chi connectivity index (χ4v) is 0.570. The Morgan fingerprint density at radius 1 is 1.70 bits per heavy atom. The van der Waals surface area contributed by atoms with Gasteiger partial charge in [0.15, 0.2) is 0 Å². The van der Waals surface area contributed by atoms with Crippen molar-refractivity contribution in [2.45, 2.75) is 18.9 Å². The lowest BCUT2D eigenvalue weighted by Crippen LogP contribution is -2.08. The molecule has 1 rings (SSSR count). The van der Waals surface area contributed by atoms with Gasteiger partial charge < -0.3 is 10.1 Å². The van der Waals surface area contributed by atoms with Crippen LogP contribution in [0.3, 0.4) is 0 Å². The van der Waals surface area contributed by atoms with Crippen LogP contribution in [0.25, 0.3) is 0 Å². The SMILES string of the molecule is COC(=O)/C=C/NC1CC1. The Hall–Kier alpha value is -0.990. The number of carbonyl (C=O) groups is 1. The second kappa shape index (κ2) is 3.25. The lowest BCUT2D eigenvalue weighted by atomic mass is 10.6. The minimum Gasteiger partial charge on any atom is -0.466 e. The second-order valence-corrected chi connectivity index (χ2v) is 2.30. The van der Waals surface area contributed by atoms with Crippen LogP contribution in [0.5, 0.6) is 0 Å². The van der Waals surface area contributed by atoms with Crippen LogP contribution < -0.4 is 5.32 Å². The first kappa shape index (κ1) is 7.12. The molecule has 10 heavy (non-hydrogen) atoms. The predicted octanol–water partition coefficient (Wildman–Crippen LogP) is 0.425. The Kier molecular flexibility index (Phi) is 2.31. The van der Waals surface area contributed by atoms with E-state index in [9.17, 15) is 4.79 Å². The monoisotopic (exact) mass is 141 g/mol. The van der Waals surface area contributed by atoms with Gasteiger partial charge in [0, 0.05) is 18.3 Å². The van der Waals surface area contributed by atoms with E-state index in [2.05, 4.69) is 10.1 Å². The number of ether oxygens (including phenoxy) is 1. The topological polar surface area (TPSA) is 38.3 Å². The maximum absolute atomic E-state index is 10.5. The number of carbonyl (C=O) groups excluding carboxylic acids is 1. The van der Waals surface area contributed by atoms with Crippen LogP contribution in [0.15, 0.2) is 12.3 Å². The molecular weight excluding hydrogens is 130 g/mol. The highest BCUT2D eigenvalue weighted by molar-refractivity contribution is 5.81. The molecule has 0 aromatic heterocycles. The summed E-state index contributed by atoms with van der Waals surface area (Å²) in [4.78, 5) is 10.5. The molecule has 1 saturated carbocycles. The molecule has 1 aliphatic carbocycles. The molecule has 0 unspecified atom stereocenters. The highest BCUT2D eigenvalue weighted by Gasteiger charge is 2.18. The highest BCUT2D eigenvalue weighted by atomic mass is 16.5. The average molecular weight is 141 g/mol. The molecule has 1 fully saturated rings. The minimum atomic E-state index is -0.312. The molecule has 0 saturated heterocycles. The molecule has 56 valence electrons. The zero-order chi connectivity index (χ0) is 7.40. The predicted molar refractivity (Wildman–Crippen MR) is 37.3 cm³/mol. The zero-order valence-electron chi connectivity index (χ0n) is 5.96. The Bertz CT molecular complexity index is 150. The van der Waals surface area contributed by atoms with Gasteiger partial charge in [0.05, 0.1) is 7.11 Å². The molecular formula is C7H11NO2. The van der Waals surface area contributed by atoms with E-state index >= 15 is 0 Å². The van der Waals surface area contributed by atoms with Gasteiger partial charge in [0.2, 0.25) is 0 Å². The van der Waals surface area contributed by atoms with Gasteiger partial charge in [-0.2, -0.15) is 0 Å². The van der Waals surface area contributed by atoms with E-state index in [1.807, 2.05) is 0 Å². The van der Waals surface area contributed by atoms with Crippen molar-refractivity contribution in [3.05, 3.63) is 12.3 Å². The second-order valence-electron chi connectivity index (χ2n) is 2.30. The number of methoxy groups -OCH3 is 1. The molecule has 3 nitrogen and oxygen atoms in total. The summed E-state index contributed by atoms with van der Waals surface area (Å²) in [5.74, 6) is -0.312. The van der Waals surface area contributed by atoms with E-state index in [0.29, 0.717) is 6.04 Å². The van der Waals surface area contributed by atoms with Crippen LogP contribution in [0.1, 0.15) is 12.8 Å². The van der Waals surface area contributed by atoms with Crippen molar-refractivity contribution in [1.29, 1.82) is 0 Å². The maximum Gasteiger partial charge on any atom is 0.331 e. The van der Waals surface area contributed by atoms with E-state index in [-0.39, 0.29) is 5.97 Å². The molecule has 0 amide bonds. The van der Waals surface area contributed by atoms with E-state index in [0.717, 1.165) is 0 Å². The molecule has 0 spiro atoms. The van der Waals surface area contributed by atoms with Crippen molar-refractivity contribution in [3.63, 3.8) is 0 Å². The minimum absolute atomic E-state index is 0.312. The quantitative estimate of drug-likeness (QED) is 0.457. The van der Waals surface area contributed by atoms with Crippen molar-refractivity contribution >= 4 is 5.97 Å². The summed E-state index contributed by atoms with van der Waals surface area (Å²) in [6.07, 6.45) is 5.46. The van der Waals surface area contributed by atoms with E-state index in [1.165, 1.54) is 26.0 Å². The summed E-state index contributed by atoms with van der Waals surface area (Å²) >= 11 is 0. The normalized spacial score (nSPS) is 17.3. The van der Waals surface area contributed by atoms with E-state index in [1.54, 1.807) is 6.20 Å². The Balaban J connectivity index is 2.08. The number of hydrogen-bond acceptors (Lipinski definition) is 3. The van der Waals surface area contributed by atoms with Crippen molar-refractivity contribution in [3.8, 4) is 0 Å². The lowest BCUT2D eigenvalue weighted by molar-refractivity contribution is -0.134. The van der Waals surface area contributed by atoms with Crippen LogP contribution >= 0.6 is 0 Å². The van der Waals surface area contributed by atoms with Gasteiger partial charge in [-0.15, -0.1) is 0 Å². The van der Waals surface area contributed by atoms with Crippen molar-refractivity contribution in [2.75, 3.05) is 7.11 Å². The van der Waals surface area contributed by atoms with Crippen LogP contribution in [0.2, 0.25) is 0 Å². The number of rotatable bonds is 3. The summed E-state index contributed by atoms with van der Waals surface area (Å²) in [5.41, 5.74) is 0. The zero-order valence-corrected chi connectivity index (χ0v) is 5.96. The molecule has 0 aromatic rings. The first-order valence-corrected chi connectivity index (χ1v) is 3.33. The smallest absolute Gasteiger partial charge is 0.331 e. The van der Waals surface area contributed by atoms with Gasteiger partial charge in [0.25, 0.3) is 0 Å². The lowest BCUT2D eigenvalue weighted by Gasteiger charge is -1.92. The molecule has 3 heteroatoms. The number of hydrogen-bond donors (Lipinski definition) is 1. The Morgan fingerprint density at radius 3 is 2.90 bits per heavy atom. The van der Waals surface area contributed by atoms with Crippen LogP contribution in [-0.4, -0.2) is 19.1 Å². The fraction of sp³-hybridized carbons (Fsp3) is 0.571. The third kappa shape index (κ3) is 2.53. The molecule has 0 heterocycles. The molecule has 0 aliphatic heterocycles. The average Bonchev–Trinajstić information content (AvgIpc) is 2.71. The van der Waals surface area contributed by atoms with Crippen LogP contribution in [0.4, 0.5) is 0 Å². The van der Waals surface area contributed by atoms with Gasteiger partial charge >= 0.3 is 5.97 Å². The third-order valence-corrected chi connectivity index (χ3v) is 1.33. The molecule has 1 N–H and O–H groups in total. The summed E-state index contributed by atoms with van der Waals surface area (Å²) in [7, 11) is 1.36. The molecule has 0 radical (unpaired) electrons. The molecule has 0 bridgehead atoms. The van der Waals surface area contributed by atoms with Gasteiger partial charge in [-0.05, 0) is 12.8 Å². The Labute approximate surface area is 60.1 Å². The van der Waals surface area contributed by atoms with Crippen LogP contribution in [-0.2, 0) is 9.53 Å². The molecule has 0 atom stereocenters. The summed E-state index contributed by atoms with van der Waals surface area (Å²) < 4.78 is 4.39. The van der Waals surface area contributed by atoms with E-state index in [4.69, 9.17) is 0 Å². The largest absolute Gasteiger partial charge is 0.466 e. The van der Waals surface area contributed by atoms with Gasteiger partial charge in [-0.25, -0.2) is 4.79 Å². The number of esters is 1. The number of nitrogens with one attached hydrogen (secondary N) is 1. The maximum atomic E-state index is 10.5. The first-order chi connectivity index (χ1) is 4.83. The van der Waals surface area contributed by atoms with Gasteiger partial charge in [-0.1, -0.05) is 0 Å². The fourth-order valence-electron chi connectivity index (χ4n) is 0.570. The molecule has 1 aliphatic rings. The standard InChI is InChI=1S/C7H11NO2/c1-10-7(9)4-5-8-6-2-3-6/h4-6,8H,2-3H2,1H3/b5-4+.